The van der Waals surface area contributed by atoms with Crippen LogP contribution in [-0.4, -0.2) is 48.6 Å². The van der Waals surface area contributed by atoms with Gasteiger partial charge in [0.2, 0.25) is 0 Å². The van der Waals surface area contributed by atoms with Gasteiger partial charge in [-0.05, 0) is 63.4 Å². The van der Waals surface area contributed by atoms with Crippen LogP contribution in [0.5, 0.6) is 0 Å². The number of thioether (sulfide) groups is 1. The lowest BCUT2D eigenvalue weighted by atomic mass is 10.1. The molecule has 1 aliphatic rings. The molecule has 0 spiro atoms. The molecule has 0 bridgehead atoms. The summed E-state index contributed by atoms with van der Waals surface area (Å²) in [5.74, 6) is 2.72. The average molecular weight is 281 g/mol. The molecule has 1 N–H and O–H groups in total. The molecule has 17 heavy (non-hydrogen) atoms. The Bertz CT molecular complexity index is 159. The number of nitrogens with one attached hydrogen (secondary N) is 1. The molecule has 1 rings (SSSR count). The Morgan fingerprint density at radius 3 is 2.35 bits per heavy atom. The first kappa shape index (κ1) is 17.6. The highest BCUT2D eigenvalue weighted by atomic mass is 35.5. The lowest BCUT2D eigenvalue weighted by Crippen LogP contribution is -2.33. The van der Waals surface area contributed by atoms with Gasteiger partial charge in [-0.25, -0.2) is 0 Å². The molecule has 0 aliphatic carbocycles. The van der Waals surface area contributed by atoms with Crippen molar-refractivity contribution in [3.63, 3.8) is 0 Å². The number of unbranched alkanes of at least 4 members (excludes halogenated alkanes) is 1. The van der Waals surface area contributed by atoms with E-state index in [-0.39, 0.29) is 12.4 Å². The minimum absolute atomic E-state index is 0. The smallest absolute Gasteiger partial charge is 0.00827 e. The van der Waals surface area contributed by atoms with E-state index in [0.29, 0.717) is 0 Å². The summed E-state index contributed by atoms with van der Waals surface area (Å²) in [6.45, 7) is 9.39. The van der Waals surface area contributed by atoms with Gasteiger partial charge in [0, 0.05) is 6.04 Å². The summed E-state index contributed by atoms with van der Waals surface area (Å²) in [6.07, 6.45) is 5.43. The van der Waals surface area contributed by atoms with E-state index in [1.807, 2.05) is 0 Å². The molecule has 2 nitrogen and oxygen atoms in total. The quantitative estimate of drug-likeness (QED) is 0.688. The standard InChI is InChI=1S/C13H28N2S.ClH/c1-3-15(4-2)10-6-5-9-14-13-7-11-16-12-8-13;/h13-14H,3-12H2,1-2H3;1H. The second kappa shape index (κ2) is 11.6. The van der Waals surface area contributed by atoms with Gasteiger partial charge >= 0.3 is 0 Å². The number of halogens is 1. The van der Waals surface area contributed by atoms with Crippen LogP contribution in [0.4, 0.5) is 0 Å². The van der Waals surface area contributed by atoms with Gasteiger partial charge < -0.3 is 10.2 Å². The van der Waals surface area contributed by atoms with Crippen molar-refractivity contribution in [2.75, 3.05) is 37.7 Å². The molecule has 4 heteroatoms. The first-order valence-electron chi connectivity index (χ1n) is 6.90. The Morgan fingerprint density at radius 2 is 1.76 bits per heavy atom. The van der Waals surface area contributed by atoms with E-state index in [1.54, 1.807) is 0 Å². The summed E-state index contributed by atoms with van der Waals surface area (Å²) in [5, 5.41) is 3.70. The number of hydrogen-bond acceptors (Lipinski definition) is 3. The second-order valence-electron chi connectivity index (χ2n) is 4.57. The van der Waals surface area contributed by atoms with Gasteiger partial charge in [-0.1, -0.05) is 13.8 Å². The minimum Gasteiger partial charge on any atom is -0.314 e. The van der Waals surface area contributed by atoms with Crippen LogP contribution in [0.1, 0.15) is 39.5 Å². The topological polar surface area (TPSA) is 15.3 Å². The number of hydrogen-bond donors (Lipinski definition) is 1. The Balaban J connectivity index is 0.00000256. The van der Waals surface area contributed by atoms with Gasteiger partial charge in [0.25, 0.3) is 0 Å². The molecule has 0 aromatic heterocycles. The van der Waals surface area contributed by atoms with Crippen LogP contribution in [-0.2, 0) is 0 Å². The van der Waals surface area contributed by atoms with Crippen molar-refractivity contribution in [2.24, 2.45) is 0 Å². The minimum atomic E-state index is 0. The zero-order valence-corrected chi connectivity index (χ0v) is 13.0. The maximum absolute atomic E-state index is 3.70. The summed E-state index contributed by atoms with van der Waals surface area (Å²) in [5.41, 5.74) is 0. The molecule has 0 aromatic rings. The SMILES string of the molecule is CCN(CC)CCCCNC1CCSCC1.Cl. The third-order valence-corrected chi connectivity index (χ3v) is 4.50. The van der Waals surface area contributed by atoms with Crippen molar-refractivity contribution in [2.45, 2.75) is 45.6 Å². The van der Waals surface area contributed by atoms with Gasteiger partial charge in [-0.2, -0.15) is 11.8 Å². The van der Waals surface area contributed by atoms with Gasteiger partial charge in [-0.3, -0.25) is 0 Å². The number of nitrogens with zero attached hydrogens (tertiary/aromatic N) is 1. The summed E-state index contributed by atoms with van der Waals surface area (Å²) < 4.78 is 0. The zero-order valence-electron chi connectivity index (χ0n) is 11.4. The van der Waals surface area contributed by atoms with Crippen molar-refractivity contribution in [3.8, 4) is 0 Å². The van der Waals surface area contributed by atoms with E-state index in [9.17, 15) is 0 Å². The molecule has 1 aliphatic heterocycles. The predicted octanol–water partition coefficient (Wildman–Crippen LogP) is 3.02. The Kier molecular flexibility index (Phi) is 12.0. The molecule has 1 fully saturated rings. The van der Waals surface area contributed by atoms with Gasteiger partial charge in [0.05, 0.1) is 0 Å². The van der Waals surface area contributed by atoms with Crippen LogP contribution in [0.3, 0.4) is 0 Å². The van der Waals surface area contributed by atoms with E-state index < -0.39 is 0 Å². The van der Waals surface area contributed by atoms with E-state index in [1.165, 1.54) is 63.4 Å². The van der Waals surface area contributed by atoms with Crippen LogP contribution in [0.15, 0.2) is 0 Å². The molecular weight excluding hydrogens is 252 g/mol. The third-order valence-electron chi connectivity index (χ3n) is 3.45. The first-order chi connectivity index (χ1) is 7.86. The van der Waals surface area contributed by atoms with Gasteiger partial charge in [0.15, 0.2) is 0 Å². The summed E-state index contributed by atoms with van der Waals surface area (Å²) >= 11 is 2.11. The highest BCUT2D eigenvalue weighted by Gasteiger charge is 2.11. The molecule has 104 valence electrons. The zero-order chi connectivity index (χ0) is 11.6. The lowest BCUT2D eigenvalue weighted by molar-refractivity contribution is 0.295. The van der Waals surface area contributed by atoms with E-state index >= 15 is 0 Å². The monoisotopic (exact) mass is 280 g/mol. The molecule has 1 heterocycles. The fourth-order valence-electron chi connectivity index (χ4n) is 2.21. The summed E-state index contributed by atoms with van der Waals surface area (Å²) in [6, 6.07) is 0.815. The van der Waals surface area contributed by atoms with Crippen molar-refractivity contribution in [1.29, 1.82) is 0 Å². The largest absolute Gasteiger partial charge is 0.314 e. The van der Waals surface area contributed by atoms with Crippen molar-refractivity contribution < 1.29 is 0 Å². The predicted molar refractivity (Wildman–Crippen MR) is 82.6 cm³/mol. The van der Waals surface area contributed by atoms with Crippen LogP contribution < -0.4 is 5.32 Å². The van der Waals surface area contributed by atoms with Gasteiger partial charge in [0.1, 0.15) is 0 Å². The van der Waals surface area contributed by atoms with E-state index in [2.05, 4.69) is 35.8 Å². The van der Waals surface area contributed by atoms with Crippen molar-refractivity contribution >= 4 is 24.2 Å². The Morgan fingerprint density at radius 1 is 1.12 bits per heavy atom. The number of rotatable bonds is 8. The normalized spacial score (nSPS) is 17.1. The average Bonchev–Trinajstić information content (AvgIpc) is 2.35. The second-order valence-corrected chi connectivity index (χ2v) is 5.80. The molecule has 0 amide bonds. The Labute approximate surface area is 118 Å². The molecule has 0 atom stereocenters. The highest BCUT2D eigenvalue weighted by molar-refractivity contribution is 7.99. The van der Waals surface area contributed by atoms with E-state index in [4.69, 9.17) is 0 Å². The van der Waals surface area contributed by atoms with Crippen LogP contribution in [0.25, 0.3) is 0 Å². The Hall–Kier alpha value is 0.560. The maximum atomic E-state index is 3.70. The maximum Gasteiger partial charge on any atom is 0.00827 e. The van der Waals surface area contributed by atoms with Crippen LogP contribution in [0, 0.1) is 0 Å². The lowest BCUT2D eigenvalue weighted by Gasteiger charge is -2.23. The summed E-state index contributed by atoms with van der Waals surface area (Å²) in [7, 11) is 0. The molecule has 0 unspecified atom stereocenters. The summed E-state index contributed by atoms with van der Waals surface area (Å²) in [4.78, 5) is 2.51. The molecule has 0 saturated carbocycles. The van der Waals surface area contributed by atoms with Crippen molar-refractivity contribution in [3.05, 3.63) is 0 Å². The van der Waals surface area contributed by atoms with Gasteiger partial charge in [-0.15, -0.1) is 12.4 Å². The van der Waals surface area contributed by atoms with Crippen molar-refractivity contribution in [1.82, 2.24) is 10.2 Å². The van der Waals surface area contributed by atoms with E-state index in [0.717, 1.165) is 6.04 Å². The fourth-order valence-corrected chi connectivity index (χ4v) is 3.31. The molecule has 1 saturated heterocycles. The molecule has 0 radical (unpaired) electrons. The fraction of sp³-hybridized carbons (Fsp3) is 1.00. The third kappa shape index (κ3) is 8.30. The molecule has 0 aromatic carbocycles. The molecular formula is C13H29ClN2S. The highest BCUT2D eigenvalue weighted by Crippen LogP contribution is 2.16. The first-order valence-corrected chi connectivity index (χ1v) is 8.05. The van der Waals surface area contributed by atoms with Crippen LogP contribution >= 0.6 is 24.2 Å². The van der Waals surface area contributed by atoms with Crippen LogP contribution in [0.2, 0.25) is 0 Å².